The number of anilines is 5. The van der Waals surface area contributed by atoms with Crippen LogP contribution in [0.3, 0.4) is 0 Å². The van der Waals surface area contributed by atoms with E-state index in [1.807, 2.05) is 0 Å². The molecule has 0 atom stereocenters. The van der Waals surface area contributed by atoms with Crippen molar-refractivity contribution in [3.63, 3.8) is 0 Å². The second-order valence-corrected chi connectivity index (χ2v) is 5.14. The number of nitrogens with two attached hydrogens (primary N) is 1. The Hall–Kier alpha value is -3.61. The molecule has 7 heteroatoms. The normalized spacial score (nSPS) is 10.3. The first-order valence-electron chi connectivity index (χ1n) is 7.13. The fraction of sp³-hybridized carbons (Fsp3) is 0. The minimum atomic E-state index is -0.285. The number of nitrogens with one attached hydrogen (secondary N) is 2. The minimum absolute atomic E-state index is 0.132. The molecule has 1 heterocycles. The molecule has 0 bridgehead atoms. The molecule has 0 aliphatic carbocycles. The Morgan fingerprint density at radius 3 is 1.79 bits per heavy atom. The number of nitrogen functional groups attached to an aromatic ring is 1. The molecule has 2 aromatic carbocycles. The average molecular weight is 324 g/mol. The van der Waals surface area contributed by atoms with Crippen molar-refractivity contribution in [3.05, 3.63) is 54.6 Å². The fourth-order valence-electron chi connectivity index (χ4n) is 2.09. The number of benzene rings is 2. The molecule has 7 nitrogen and oxygen atoms in total. The van der Waals surface area contributed by atoms with Gasteiger partial charge in [0, 0.05) is 11.4 Å². The van der Waals surface area contributed by atoms with Gasteiger partial charge in [0.1, 0.15) is 11.5 Å². The van der Waals surface area contributed by atoms with Gasteiger partial charge in [-0.3, -0.25) is 0 Å². The second-order valence-electron chi connectivity index (χ2n) is 5.14. The second kappa shape index (κ2) is 6.25. The number of rotatable bonds is 4. The number of phenols is 2. The van der Waals surface area contributed by atoms with Crippen molar-refractivity contribution in [2.75, 3.05) is 16.4 Å². The van der Waals surface area contributed by atoms with Crippen LogP contribution in [0.1, 0.15) is 0 Å². The van der Waals surface area contributed by atoms with Crippen LogP contribution in [0.4, 0.5) is 28.6 Å². The highest BCUT2D eigenvalue weighted by Crippen LogP contribution is 2.33. The van der Waals surface area contributed by atoms with Gasteiger partial charge in [0.2, 0.25) is 5.88 Å². The lowest BCUT2D eigenvalue weighted by Crippen LogP contribution is -2.02. The standard InChI is InChI=1S/C17H16N4O3/c18-14-9-15(19-10-1-5-12(22)6-2-10)16(21-17(14)24)20-11-3-7-13(23)8-4-11/h1-9,19,22-23H,18H2,(H2,20,21,24). The van der Waals surface area contributed by atoms with Gasteiger partial charge >= 0.3 is 0 Å². The maximum absolute atomic E-state index is 9.77. The molecule has 24 heavy (non-hydrogen) atoms. The van der Waals surface area contributed by atoms with Crippen molar-refractivity contribution in [2.24, 2.45) is 0 Å². The van der Waals surface area contributed by atoms with Crippen molar-refractivity contribution in [3.8, 4) is 17.4 Å². The quantitative estimate of drug-likeness (QED) is 0.407. The molecule has 0 saturated carbocycles. The lowest BCUT2D eigenvalue weighted by molar-refractivity contribution is 0.457. The maximum Gasteiger partial charge on any atom is 0.236 e. The fourth-order valence-corrected chi connectivity index (χ4v) is 2.09. The van der Waals surface area contributed by atoms with Crippen LogP contribution in [0, 0.1) is 0 Å². The molecule has 0 amide bonds. The largest absolute Gasteiger partial charge is 0.508 e. The zero-order chi connectivity index (χ0) is 17.1. The van der Waals surface area contributed by atoms with Gasteiger partial charge in [-0.15, -0.1) is 0 Å². The number of pyridine rings is 1. The lowest BCUT2D eigenvalue weighted by atomic mass is 10.2. The first-order chi connectivity index (χ1) is 11.5. The summed E-state index contributed by atoms with van der Waals surface area (Å²) in [5, 5.41) is 34.6. The van der Waals surface area contributed by atoms with Crippen LogP contribution < -0.4 is 16.4 Å². The first-order valence-corrected chi connectivity index (χ1v) is 7.13. The van der Waals surface area contributed by atoms with E-state index in [2.05, 4.69) is 15.6 Å². The van der Waals surface area contributed by atoms with E-state index >= 15 is 0 Å². The first kappa shape index (κ1) is 15.3. The summed E-state index contributed by atoms with van der Waals surface area (Å²) in [4.78, 5) is 4.05. The van der Waals surface area contributed by atoms with Gasteiger partial charge in [-0.25, -0.2) is 0 Å². The summed E-state index contributed by atoms with van der Waals surface area (Å²) in [6.07, 6.45) is 0. The Balaban J connectivity index is 1.93. The molecule has 0 aliphatic heterocycles. The highest BCUT2D eigenvalue weighted by atomic mass is 16.3. The van der Waals surface area contributed by atoms with Crippen LogP contribution in [0.5, 0.6) is 17.4 Å². The van der Waals surface area contributed by atoms with Crippen LogP contribution in [0.2, 0.25) is 0 Å². The summed E-state index contributed by atoms with van der Waals surface area (Å²) < 4.78 is 0. The topological polar surface area (TPSA) is 124 Å². The van der Waals surface area contributed by atoms with Crippen LogP contribution in [-0.2, 0) is 0 Å². The molecule has 0 unspecified atom stereocenters. The zero-order valence-electron chi connectivity index (χ0n) is 12.6. The maximum atomic E-state index is 9.77. The summed E-state index contributed by atoms with van der Waals surface area (Å²) in [5.41, 5.74) is 7.80. The van der Waals surface area contributed by atoms with Crippen LogP contribution >= 0.6 is 0 Å². The van der Waals surface area contributed by atoms with Gasteiger partial charge in [-0.1, -0.05) is 0 Å². The monoisotopic (exact) mass is 324 g/mol. The van der Waals surface area contributed by atoms with Gasteiger partial charge in [0.05, 0.1) is 11.4 Å². The van der Waals surface area contributed by atoms with Crippen molar-refractivity contribution in [2.45, 2.75) is 0 Å². The Labute approximate surface area is 138 Å². The Morgan fingerprint density at radius 2 is 1.25 bits per heavy atom. The molecular weight excluding hydrogens is 308 g/mol. The van der Waals surface area contributed by atoms with Crippen molar-refractivity contribution in [1.29, 1.82) is 0 Å². The predicted molar refractivity (Wildman–Crippen MR) is 93.1 cm³/mol. The zero-order valence-corrected chi connectivity index (χ0v) is 12.6. The number of aromatic nitrogens is 1. The number of phenolic OH excluding ortho intramolecular Hbond substituents is 2. The molecule has 0 radical (unpaired) electrons. The molecule has 0 fully saturated rings. The third-order valence-corrected chi connectivity index (χ3v) is 3.31. The summed E-state index contributed by atoms with van der Waals surface area (Å²) in [6, 6.07) is 14.5. The molecular formula is C17H16N4O3. The number of hydrogen-bond acceptors (Lipinski definition) is 7. The van der Waals surface area contributed by atoms with Crippen LogP contribution in [-0.4, -0.2) is 20.3 Å². The third-order valence-electron chi connectivity index (χ3n) is 3.31. The highest BCUT2D eigenvalue weighted by Gasteiger charge is 2.10. The summed E-state index contributed by atoms with van der Waals surface area (Å²) in [7, 11) is 0. The Kier molecular flexibility index (Phi) is 3.98. The van der Waals surface area contributed by atoms with Gasteiger partial charge in [0.15, 0.2) is 5.82 Å². The van der Waals surface area contributed by atoms with E-state index in [4.69, 9.17) is 5.73 Å². The molecule has 0 spiro atoms. The molecule has 3 rings (SSSR count). The third kappa shape index (κ3) is 3.41. The van der Waals surface area contributed by atoms with Crippen LogP contribution in [0.15, 0.2) is 54.6 Å². The van der Waals surface area contributed by atoms with E-state index in [9.17, 15) is 15.3 Å². The number of hydrogen-bond donors (Lipinski definition) is 6. The molecule has 7 N–H and O–H groups in total. The SMILES string of the molecule is Nc1cc(Nc2ccc(O)cc2)c(Nc2ccc(O)cc2)nc1O. The summed E-state index contributed by atoms with van der Waals surface area (Å²) in [5.74, 6) is 0.385. The van der Waals surface area contributed by atoms with Crippen molar-refractivity contribution in [1.82, 2.24) is 4.98 Å². The smallest absolute Gasteiger partial charge is 0.236 e. The van der Waals surface area contributed by atoms with E-state index in [0.717, 1.165) is 0 Å². The van der Waals surface area contributed by atoms with E-state index in [0.29, 0.717) is 22.9 Å². The average Bonchev–Trinajstić information content (AvgIpc) is 2.56. The van der Waals surface area contributed by atoms with Gasteiger partial charge < -0.3 is 31.7 Å². The summed E-state index contributed by atoms with van der Waals surface area (Å²) in [6.45, 7) is 0. The van der Waals surface area contributed by atoms with Crippen molar-refractivity contribution >= 4 is 28.6 Å². The predicted octanol–water partition coefficient (Wildman–Crippen LogP) is 3.27. The van der Waals surface area contributed by atoms with E-state index < -0.39 is 0 Å². The number of nitrogens with zero attached hydrogens (tertiary/aromatic N) is 1. The molecule has 3 aromatic rings. The Morgan fingerprint density at radius 1 is 0.750 bits per heavy atom. The number of aromatic hydroxyl groups is 3. The molecule has 0 saturated heterocycles. The van der Waals surface area contributed by atoms with E-state index in [1.54, 1.807) is 42.5 Å². The van der Waals surface area contributed by atoms with Gasteiger partial charge in [-0.2, -0.15) is 4.98 Å². The van der Waals surface area contributed by atoms with E-state index in [-0.39, 0.29) is 23.1 Å². The van der Waals surface area contributed by atoms with Gasteiger partial charge in [-0.05, 0) is 54.6 Å². The molecule has 122 valence electrons. The molecule has 1 aromatic heterocycles. The van der Waals surface area contributed by atoms with Gasteiger partial charge in [0.25, 0.3) is 0 Å². The van der Waals surface area contributed by atoms with Crippen LogP contribution in [0.25, 0.3) is 0 Å². The highest BCUT2D eigenvalue weighted by molar-refractivity contribution is 5.79. The molecule has 0 aliphatic rings. The Bertz CT molecular complexity index is 776. The van der Waals surface area contributed by atoms with E-state index in [1.165, 1.54) is 12.1 Å². The lowest BCUT2D eigenvalue weighted by Gasteiger charge is -2.14. The summed E-state index contributed by atoms with van der Waals surface area (Å²) >= 11 is 0. The van der Waals surface area contributed by atoms with Crippen molar-refractivity contribution < 1.29 is 15.3 Å². The minimum Gasteiger partial charge on any atom is -0.508 e.